The Bertz CT molecular complexity index is 691. The van der Waals surface area contributed by atoms with Crippen LogP contribution in [0.15, 0.2) is 53.3 Å². The lowest BCUT2D eigenvalue weighted by molar-refractivity contribution is -0.688. The van der Waals surface area contributed by atoms with Gasteiger partial charge in [0.2, 0.25) is 0 Å². The van der Waals surface area contributed by atoms with E-state index in [1.54, 1.807) is 0 Å². The van der Waals surface area contributed by atoms with Crippen LogP contribution in [-0.4, -0.2) is 48.7 Å². The van der Waals surface area contributed by atoms with Crippen molar-refractivity contribution in [1.29, 1.82) is 0 Å². The second-order valence-electron chi connectivity index (χ2n) is 5.87. The molecule has 0 spiro atoms. The van der Waals surface area contributed by atoms with Crippen LogP contribution >= 0.6 is 39.1 Å². The van der Waals surface area contributed by atoms with Crippen LogP contribution in [0, 0.1) is 0 Å². The normalized spacial score (nSPS) is 10.9. The fourth-order valence-electron chi connectivity index (χ4n) is 2.56. The van der Waals surface area contributed by atoms with Gasteiger partial charge >= 0.3 is 0 Å². The summed E-state index contributed by atoms with van der Waals surface area (Å²) in [5, 5.41) is 2.96. The van der Waals surface area contributed by atoms with E-state index in [0.29, 0.717) is 30.4 Å². The summed E-state index contributed by atoms with van der Waals surface area (Å²) in [4.78, 5) is 14.5. The number of hydrogen-bond donors (Lipinski definition) is 1. The lowest BCUT2D eigenvalue weighted by Gasteiger charge is -2.19. The molecule has 0 atom stereocenters. The van der Waals surface area contributed by atoms with Crippen molar-refractivity contribution in [2.24, 2.45) is 0 Å². The van der Waals surface area contributed by atoms with Crippen molar-refractivity contribution in [2.75, 3.05) is 37.9 Å². The third-order valence-corrected chi connectivity index (χ3v) is 4.78. The van der Waals surface area contributed by atoms with Crippen LogP contribution in [0.5, 0.6) is 0 Å². The predicted molar refractivity (Wildman–Crippen MR) is 110 cm³/mol. The van der Waals surface area contributed by atoms with Gasteiger partial charge in [0.15, 0.2) is 18.9 Å². The zero-order chi connectivity index (χ0) is 18.8. The van der Waals surface area contributed by atoms with Crippen molar-refractivity contribution in [1.82, 2.24) is 10.2 Å². The number of halogens is 3. The van der Waals surface area contributed by atoms with E-state index in [-0.39, 0.29) is 5.91 Å². The van der Waals surface area contributed by atoms with Gasteiger partial charge in [0.1, 0.15) is 5.56 Å². The highest BCUT2D eigenvalue weighted by atomic mass is 79.9. The Kier molecular flexibility index (Phi) is 9.40. The smallest absolute Gasteiger partial charge is 0.257 e. The van der Waals surface area contributed by atoms with E-state index >= 15 is 0 Å². The lowest BCUT2D eigenvalue weighted by atomic mass is 10.2. The van der Waals surface area contributed by atoms with Crippen molar-refractivity contribution in [2.45, 2.75) is 6.54 Å². The van der Waals surface area contributed by atoms with Gasteiger partial charge in [-0.15, -0.1) is 23.2 Å². The van der Waals surface area contributed by atoms with Gasteiger partial charge in [-0.3, -0.25) is 9.69 Å². The highest BCUT2D eigenvalue weighted by molar-refractivity contribution is 9.10. The third-order valence-electron chi connectivity index (χ3n) is 3.91. The Morgan fingerprint density at radius 1 is 1.08 bits per heavy atom. The van der Waals surface area contributed by atoms with Crippen LogP contribution in [-0.2, 0) is 6.54 Å². The van der Waals surface area contributed by atoms with Crippen molar-refractivity contribution in [3.8, 4) is 0 Å². The van der Waals surface area contributed by atoms with Crippen LogP contribution in [0.3, 0.4) is 0 Å². The molecule has 2 aromatic rings. The van der Waals surface area contributed by atoms with E-state index in [1.165, 1.54) is 5.56 Å². The Morgan fingerprint density at radius 3 is 2.42 bits per heavy atom. The summed E-state index contributed by atoms with van der Waals surface area (Å²) < 4.78 is 3.06. The van der Waals surface area contributed by atoms with Crippen LogP contribution in [0.4, 0.5) is 0 Å². The van der Waals surface area contributed by atoms with E-state index < -0.39 is 0 Å². The Balaban J connectivity index is 1.89. The van der Waals surface area contributed by atoms with Crippen molar-refractivity contribution >= 4 is 45.0 Å². The second kappa shape index (κ2) is 11.5. The molecule has 7 heteroatoms. The number of nitrogens with zero attached hydrogens (tertiary/aromatic N) is 2. The maximum Gasteiger partial charge on any atom is 0.257 e. The van der Waals surface area contributed by atoms with Gasteiger partial charge in [0.25, 0.3) is 5.91 Å². The molecule has 1 aromatic carbocycles. The molecule has 0 bridgehead atoms. The van der Waals surface area contributed by atoms with Gasteiger partial charge in [-0.1, -0.05) is 28.1 Å². The largest absolute Gasteiger partial charge is 0.351 e. The molecule has 0 radical (unpaired) electrons. The number of benzene rings is 1. The molecule has 0 aliphatic rings. The predicted octanol–water partition coefficient (Wildman–Crippen LogP) is 3.29. The molecule has 0 aliphatic heterocycles. The number of carbonyl (C=O) groups excluding carboxylic acids is 1. The number of rotatable bonds is 10. The zero-order valence-electron chi connectivity index (χ0n) is 14.5. The highest BCUT2D eigenvalue weighted by Gasteiger charge is 2.11. The van der Waals surface area contributed by atoms with E-state index in [9.17, 15) is 4.79 Å². The number of nitrogens with one attached hydrogen (secondary N) is 1. The molecule has 1 amide bonds. The van der Waals surface area contributed by atoms with Crippen LogP contribution in [0.25, 0.3) is 0 Å². The van der Waals surface area contributed by atoms with Crippen molar-refractivity contribution in [3.63, 3.8) is 0 Å². The Hall–Kier alpha value is -1.14. The van der Waals surface area contributed by atoms with Gasteiger partial charge in [-0.25, -0.2) is 0 Å². The Labute approximate surface area is 173 Å². The Morgan fingerprint density at radius 2 is 1.77 bits per heavy atom. The fourth-order valence-corrected chi connectivity index (χ4v) is 3.30. The maximum absolute atomic E-state index is 12.4. The molecule has 1 aromatic heterocycles. The molecule has 1 N–H and O–H groups in total. The summed E-state index contributed by atoms with van der Waals surface area (Å²) in [6, 6.07) is 11.9. The first-order valence-corrected chi connectivity index (χ1v) is 10.3. The molecular formula is C19H23BrCl2N3O+. The molecule has 1 heterocycles. The maximum atomic E-state index is 12.4. The molecule has 0 saturated carbocycles. The molecular weight excluding hydrogens is 437 g/mol. The van der Waals surface area contributed by atoms with Crippen LogP contribution in [0.2, 0.25) is 0 Å². The lowest BCUT2D eigenvalue weighted by Crippen LogP contribution is -2.38. The van der Waals surface area contributed by atoms with E-state index in [4.69, 9.17) is 23.2 Å². The monoisotopic (exact) mass is 458 g/mol. The molecule has 2 rings (SSSR count). The second-order valence-corrected chi connectivity index (χ2v) is 7.54. The summed E-state index contributed by atoms with van der Waals surface area (Å²) in [7, 11) is 0. The number of amides is 1. The van der Waals surface area contributed by atoms with E-state index in [1.807, 2.05) is 41.2 Å². The minimum absolute atomic E-state index is 0.0770. The molecule has 0 aliphatic carbocycles. The summed E-state index contributed by atoms with van der Waals surface area (Å²) in [6.07, 6.45) is 3.83. The number of pyridine rings is 1. The van der Waals surface area contributed by atoms with E-state index in [0.717, 1.165) is 24.1 Å². The summed E-state index contributed by atoms with van der Waals surface area (Å²) in [6.45, 7) is 3.55. The molecule has 0 fully saturated rings. The number of alkyl halides is 2. The van der Waals surface area contributed by atoms with Gasteiger partial charge in [0, 0.05) is 54.0 Å². The summed E-state index contributed by atoms with van der Waals surface area (Å²) in [5.74, 6) is 1.03. The van der Waals surface area contributed by atoms with Gasteiger partial charge < -0.3 is 5.32 Å². The number of carbonyl (C=O) groups is 1. The van der Waals surface area contributed by atoms with Gasteiger partial charge in [0.05, 0.1) is 0 Å². The molecule has 0 saturated heterocycles. The minimum atomic E-state index is -0.0770. The first-order valence-electron chi connectivity index (χ1n) is 8.48. The summed E-state index contributed by atoms with van der Waals surface area (Å²) in [5.41, 5.74) is 1.82. The van der Waals surface area contributed by atoms with Crippen molar-refractivity contribution in [3.05, 3.63) is 64.4 Å². The van der Waals surface area contributed by atoms with Crippen LogP contribution in [0.1, 0.15) is 15.9 Å². The molecule has 0 unspecified atom stereocenters. The SMILES string of the molecule is O=C(NCCN(CCCl)CCCl)c1ccc[n+](Cc2ccc(Br)cc2)c1. The quantitative estimate of drug-likeness (QED) is 0.437. The zero-order valence-corrected chi connectivity index (χ0v) is 17.6. The van der Waals surface area contributed by atoms with Gasteiger partial charge in [-0.2, -0.15) is 4.57 Å². The van der Waals surface area contributed by atoms with Gasteiger partial charge in [-0.05, 0) is 18.2 Å². The molecule has 140 valence electrons. The van der Waals surface area contributed by atoms with Crippen molar-refractivity contribution < 1.29 is 9.36 Å². The topological polar surface area (TPSA) is 36.2 Å². The fraction of sp³-hybridized carbons (Fsp3) is 0.368. The minimum Gasteiger partial charge on any atom is -0.351 e. The number of hydrogen-bond acceptors (Lipinski definition) is 2. The first kappa shape index (κ1) is 21.2. The highest BCUT2D eigenvalue weighted by Crippen LogP contribution is 2.10. The van der Waals surface area contributed by atoms with Crippen LogP contribution < -0.4 is 9.88 Å². The molecule has 4 nitrogen and oxygen atoms in total. The summed E-state index contributed by atoms with van der Waals surface area (Å²) >= 11 is 15.0. The number of aromatic nitrogens is 1. The standard InChI is InChI=1S/C19H22BrCl2N3O/c20-18-5-3-16(4-6-18)14-25-10-1-2-17(15-25)19(26)23-9-13-24(11-7-21)12-8-22/h1-6,10,15H,7-9,11-14H2/p+1. The first-order chi connectivity index (χ1) is 12.6. The molecule has 26 heavy (non-hydrogen) atoms. The average molecular weight is 460 g/mol. The van der Waals surface area contributed by atoms with E-state index in [2.05, 4.69) is 38.3 Å². The average Bonchev–Trinajstić information content (AvgIpc) is 2.64. The third kappa shape index (κ3) is 7.23.